The Balaban J connectivity index is 1.86. The molecule has 1 heterocycles. The van der Waals surface area contributed by atoms with Crippen LogP contribution in [-0.2, 0) is 10.0 Å². The molecule has 0 aliphatic carbocycles. The van der Waals surface area contributed by atoms with E-state index in [2.05, 4.69) is 24.7 Å². The summed E-state index contributed by atoms with van der Waals surface area (Å²) >= 11 is 5.25. The summed E-state index contributed by atoms with van der Waals surface area (Å²) in [6, 6.07) is 6.77. The van der Waals surface area contributed by atoms with E-state index in [1.54, 1.807) is 28.6 Å². The SMILES string of the molecule is C[NH+](C)CCCNC(=S)Nc1ccc(S(=O)(=O)N2CCCC2)cc1. The van der Waals surface area contributed by atoms with Crippen LogP contribution >= 0.6 is 12.2 Å². The topological polar surface area (TPSA) is 65.9 Å². The van der Waals surface area contributed by atoms with E-state index in [9.17, 15) is 8.42 Å². The van der Waals surface area contributed by atoms with E-state index >= 15 is 0 Å². The molecule has 0 spiro atoms. The maximum absolute atomic E-state index is 12.5. The summed E-state index contributed by atoms with van der Waals surface area (Å²) < 4.78 is 26.5. The van der Waals surface area contributed by atoms with Crippen LogP contribution in [-0.4, -0.2) is 58.1 Å². The number of sulfonamides is 1. The molecule has 2 rings (SSSR count). The van der Waals surface area contributed by atoms with E-state index in [1.165, 1.54) is 4.90 Å². The monoisotopic (exact) mass is 371 g/mol. The lowest BCUT2D eigenvalue weighted by Crippen LogP contribution is -3.05. The van der Waals surface area contributed by atoms with Gasteiger partial charge in [-0.05, 0) is 49.3 Å². The first-order valence-electron chi connectivity index (χ1n) is 8.34. The van der Waals surface area contributed by atoms with Crippen LogP contribution in [0.25, 0.3) is 0 Å². The van der Waals surface area contributed by atoms with E-state index in [4.69, 9.17) is 12.2 Å². The first-order valence-corrected chi connectivity index (χ1v) is 10.2. The van der Waals surface area contributed by atoms with Gasteiger partial charge >= 0.3 is 0 Å². The van der Waals surface area contributed by atoms with Crippen molar-refractivity contribution in [1.82, 2.24) is 9.62 Å². The molecular formula is C16H27N4O2S2+. The number of quaternary nitrogens is 1. The number of benzene rings is 1. The van der Waals surface area contributed by atoms with Crippen LogP contribution in [0.3, 0.4) is 0 Å². The highest BCUT2D eigenvalue weighted by molar-refractivity contribution is 7.89. The zero-order valence-corrected chi connectivity index (χ0v) is 16.0. The minimum atomic E-state index is -3.35. The van der Waals surface area contributed by atoms with E-state index in [0.717, 1.165) is 38.0 Å². The number of nitrogens with one attached hydrogen (secondary N) is 3. The molecule has 3 N–H and O–H groups in total. The second-order valence-electron chi connectivity index (χ2n) is 6.33. The van der Waals surface area contributed by atoms with Crippen molar-refractivity contribution in [2.45, 2.75) is 24.2 Å². The molecule has 8 heteroatoms. The van der Waals surface area contributed by atoms with Crippen molar-refractivity contribution in [3.8, 4) is 0 Å². The van der Waals surface area contributed by atoms with Gasteiger partial charge in [0, 0.05) is 31.7 Å². The molecule has 6 nitrogen and oxygen atoms in total. The number of thiocarbonyl (C=S) groups is 1. The first kappa shape index (κ1) is 19.1. The largest absolute Gasteiger partial charge is 0.362 e. The molecule has 134 valence electrons. The molecule has 0 atom stereocenters. The van der Waals surface area contributed by atoms with Crippen LogP contribution in [0.2, 0.25) is 0 Å². The fourth-order valence-electron chi connectivity index (χ4n) is 2.61. The summed E-state index contributed by atoms with van der Waals surface area (Å²) in [6.45, 7) is 3.13. The fraction of sp³-hybridized carbons (Fsp3) is 0.562. The number of rotatable bonds is 7. The fourth-order valence-corrected chi connectivity index (χ4v) is 4.34. The molecule has 0 aromatic heterocycles. The average molecular weight is 372 g/mol. The molecule has 0 radical (unpaired) electrons. The Morgan fingerprint density at radius 3 is 2.42 bits per heavy atom. The maximum Gasteiger partial charge on any atom is 0.243 e. The Bertz CT molecular complexity index is 639. The van der Waals surface area contributed by atoms with Crippen molar-refractivity contribution in [1.29, 1.82) is 0 Å². The average Bonchev–Trinajstić information content (AvgIpc) is 3.07. The first-order chi connectivity index (χ1) is 11.4. The van der Waals surface area contributed by atoms with Crippen molar-refractivity contribution >= 4 is 33.0 Å². The van der Waals surface area contributed by atoms with Gasteiger partial charge in [-0.15, -0.1) is 0 Å². The second kappa shape index (κ2) is 8.75. The van der Waals surface area contributed by atoms with Crippen LogP contribution in [0.4, 0.5) is 5.69 Å². The minimum Gasteiger partial charge on any atom is -0.362 e. The molecule has 1 fully saturated rings. The van der Waals surface area contributed by atoms with Crippen molar-refractivity contribution in [3.63, 3.8) is 0 Å². The Labute approximate surface area is 150 Å². The van der Waals surface area contributed by atoms with E-state index < -0.39 is 10.0 Å². The number of anilines is 1. The zero-order valence-electron chi connectivity index (χ0n) is 14.3. The summed E-state index contributed by atoms with van der Waals surface area (Å²) in [7, 11) is 0.884. The Kier molecular flexibility index (Phi) is 6.97. The summed E-state index contributed by atoms with van der Waals surface area (Å²) in [5, 5.41) is 6.79. The summed E-state index contributed by atoms with van der Waals surface area (Å²) in [4.78, 5) is 1.74. The Morgan fingerprint density at radius 2 is 1.83 bits per heavy atom. The lowest BCUT2D eigenvalue weighted by molar-refractivity contribution is -0.858. The molecule has 0 saturated carbocycles. The summed E-state index contributed by atoms with van der Waals surface area (Å²) in [6.07, 6.45) is 2.92. The molecular weight excluding hydrogens is 344 g/mol. The van der Waals surface area contributed by atoms with Crippen molar-refractivity contribution < 1.29 is 13.3 Å². The van der Waals surface area contributed by atoms with Crippen molar-refractivity contribution in [2.75, 3.05) is 45.6 Å². The molecule has 1 aliphatic rings. The van der Waals surface area contributed by atoms with Crippen molar-refractivity contribution in [2.24, 2.45) is 0 Å². The summed E-state index contributed by atoms with van der Waals surface area (Å²) in [5.74, 6) is 0. The third-order valence-electron chi connectivity index (χ3n) is 3.95. The molecule has 0 amide bonds. The lowest BCUT2D eigenvalue weighted by atomic mass is 10.3. The smallest absolute Gasteiger partial charge is 0.243 e. The molecule has 0 unspecified atom stereocenters. The Morgan fingerprint density at radius 1 is 1.21 bits per heavy atom. The molecule has 0 bridgehead atoms. The van der Waals surface area contributed by atoms with Gasteiger partial charge in [-0.2, -0.15) is 4.31 Å². The van der Waals surface area contributed by atoms with Gasteiger partial charge in [0.2, 0.25) is 10.0 Å². The van der Waals surface area contributed by atoms with Gasteiger partial charge < -0.3 is 15.5 Å². The zero-order chi connectivity index (χ0) is 17.6. The van der Waals surface area contributed by atoms with Gasteiger partial charge in [0.15, 0.2) is 5.11 Å². The van der Waals surface area contributed by atoms with Crippen LogP contribution in [0, 0.1) is 0 Å². The lowest BCUT2D eigenvalue weighted by Gasteiger charge is -2.16. The highest BCUT2D eigenvalue weighted by atomic mass is 32.2. The van der Waals surface area contributed by atoms with Gasteiger partial charge in [0.1, 0.15) is 0 Å². The summed E-state index contributed by atoms with van der Waals surface area (Å²) in [5.41, 5.74) is 0.783. The van der Waals surface area contributed by atoms with E-state index in [0.29, 0.717) is 23.1 Å². The third kappa shape index (κ3) is 5.41. The van der Waals surface area contributed by atoms with Gasteiger partial charge in [-0.1, -0.05) is 0 Å². The highest BCUT2D eigenvalue weighted by Gasteiger charge is 2.26. The molecule has 1 aromatic carbocycles. The Hall–Kier alpha value is -1.22. The van der Waals surface area contributed by atoms with Gasteiger partial charge in [0.05, 0.1) is 25.5 Å². The van der Waals surface area contributed by atoms with Crippen LogP contribution in [0.1, 0.15) is 19.3 Å². The minimum absolute atomic E-state index is 0.336. The second-order valence-corrected chi connectivity index (χ2v) is 8.67. The normalized spacial score (nSPS) is 15.6. The molecule has 24 heavy (non-hydrogen) atoms. The highest BCUT2D eigenvalue weighted by Crippen LogP contribution is 2.22. The van der Waals surface area contributed by atoms with Crippen LogP contribution in [0.5, 0.6) is 0 Å². The maximum atomic E-state index is 12.5. The third-order valence-corrected chi connectivity index (χ3v) is 6.11. The van der Waals surface area contributed by atoms with Gasteiger partial charge in [0.25, 0.3) is 0 Å². The van der Waals surface area contributed by atoms with Gasteiger partial charge in [-0.3, -0.25) is 0 Å². The number of hydrogen-bond donors (Lipinski definition) is 3. The molecule has 1 aliphatic heterocycles. The quantitative estimate of drug-likeness (QED) is 0.475. The van der Waals surface area contributed by atoms with Crippen molar-refractivity contribution in [3.05, 3.63) is 24.3 Å². The number of nitrogens with zero attached hydrogens (tertiary/aromatic N) is 1. The molecule has 1 saturated heterocycles. The van der Waals surface area contributed by atoms with E-state index in [1.807, 2.05) is 0 Å². The van der Waals surface area contributed by atoms with Crippen LogP contribution < -0.4 is 15.5 Å². The predicted octanol–water partition coefficient (Wildman–Crippen LogP) is 0.292. The molecule has 1 aromatic rings. The van der Waals surface area contributed by atoms with Crippen LogP contribution in [0.15, 0.2) is 29.2 Å². The van der Waals surface area contributed by atoms with E-state index in [-0.39, 0.29) is 0 Å². The standard InChI is InChI=1S/C16H26N4O2S2/c1-19(2)11-5-10-17-16(23)18-14-6-8-15(9-7-14)24(21,22)20-12-3-4-13-20/h6-9H,3-5,10-13H2,1-2H3,(H2,17,18,23)/p+1. The predicted molar refractivity (Wildman–Crippen MR) is 101 cm³/mol. The van der Waals surface area contributed by atoms with Gasteiger partial charge in [-0.25, -0.2) is 8.42 Å². The number of hydrogen-bond acceptors (Lipinski definition) is 3.